The number of hydrogen-bond acceptors (Lipinski definition) is 5. The van der Waals surface area contributed by atoms with Crippen LogP contribution >= 0.6 is 23.4 Å². The molecule has 0 aliphatic carbocycles. The third-order valence-electron chi connectivity index (χ3n) is 4.14. The zero-order valence-corrected chi connectivity index (χ0v) is 15.3. The molecule has 1 aliphatic rings. The Morgan fingerprint density at radius 2 is 2.29 bits per heavy atom. The third kappa shape index (κ3) is 3.74. The lowest BCUT2D eigenvalue weighted by Crippen LogP contribution is -2.47. The second kappa shape index (κ2) is 7.55. The van der Waals surface area contributed by atoms with Crippen LogP contribution in [0.15, 0.2) is 34.8 Å². The molecular weight excluding hydrogens is 346 g/mol. The van der Waals surface area contributed by atoms with Crippen LogP contribution in [0.2, 0.25) is 5.02 Å². The number of nitrogens with one attached hydrogen (secondary N) is 1. The van der Waals surface area contributed by atoms with Gasteiger partial charge in [-0.1, -0.05) is 11.6 Å². The van der Waals surface area contributed by atoms with E-state index in [1.807, 2.05) is 29.8 Å². The number of nitrogens with zero attached hydrogens (tertiary/aromatic N) is 4. The predicted molar refractivity (Wildman–Crippen MR) is 94.6 cm³/mol. The van der Waals surface area contributed by atoms with Crippen molar-refractivity contribution in [1.29, 1.82) is 0 Å². The Kier molecular flexibility index (Phi) is 5.43. The van der Waals surface area contributed by atoms with Gasteiger partial charge < -0.3 is 14.8 Å². The summed E-state index contributed by atoms with van der Waals surface area (Å²) in [7, 11) is 3.84. The highest BCUT2D eigenvalue weighted by Gasteiger charge is 2.24. The van der Waals surface area contributed by atoms with E-state index >= 15 is 0 Å². The normalized spacial score (nSPS) is 18.0. The number of imidazole rings is 1. The number of likely N-dealkylation sites (tertiary alicyclic amines) is 1. The van der Waals surface area contributed by atoms with E-state index < -0.39 is 0 Å². The average Bonchev–Trinajstić information content (AvgIpc) is 3.01. The van der Waals surface area contributed by atoms with Gasteiger partial charge in [-0.3, -0.25) is 4.79 Å². The lowest BCUT2D eigenvalue weighted by atomic mass is 10.1. The summed E-state index contributed by atoms with van der Waals surface area (Å²) in [5.74, 6) is -0.0158. The topological polar surface area (TPSA) is 63.1 Å². The Morgan fingerprint density at radius 1 is 1.46 bits per heavy atom. The molecule has 0 radical (unpaired) electrons. The monoisotopic (exact) mass is 365 g/mol. The zero-order valence-electron chi connectivity index (χ0n) is 13.7. The molecule has 2 aromatic rings. The highest BCUT2D eigenvalue weighted by molar-refractivity contribution is 7.99. The predicted octanol–water partition coefficient (Wildman–Crippen LogP) is 2.44. The van der Waals surface area contributed by atoms with Crippen LogP contribution in [0.1, 0.15) is 23.2 Å². The molecule has 3 rings (SSSR count). The van der Waals surface area contributed by atoms with Crippen LogP contribution < -0.4 is 5.32 Å². The molecular formula is C16H20ClN5OS. The Bertz CT molecular complexity index is 735. The fourth-order valence-electron chi connectivity index (χ4n) is 2.73. The third-order valence-corrected chi connectivity index (χ3v) is 5.63. The summed E-state index contributed by atoms with van der Waals surface area (Å²) in [6.07, 6.45) is 7.29. The smallest absolute Gasteiger partial charge is 0.255 e. The van der Waals surface area contributed by atoms with Crippen molar-refractivity contribution in [2.75, 3.05) is 20.1 Å². The molecule has 0 saturated carbocycles. The van der Waals surface area contributed by atoms with Crippen molar-refractivity contribution >= 4 is 29.3 Å². The number of rotatable bonds is 4. The lowest BCUT2D eigenvalue weighted by molar-refractivity contribution is 0.0697. The van der Waals surface area contributed by atoms with Crippen LogP contribution in [0, 0.1) is 0 Å². The zero-order chi connectivity index (χ0) is 17.1. The first-order valence-corrected chi connectivity index (χ1v) is 9.05. The molecule has 1 amide bonds. The summed E-state index contributed by atoms with van der Waals surface area (Å²) < 4.78 is 1.90. The summed E-state index contributed by atoms with van der Waals surface area (Å²) in [5.41, 5.74) is 0.529. The van der Waals surface area contributed by atoms with Crippen molar-refractivity contribution in [2.45, 2.75) is 29.1 Å². The van der Waals surface area contributed by atoms with Crippen LogP contribution in [-0.4, -0.2) is 51.5 Å². The summed E-state index contributed by atoms with van der Waals surface area (Å²) >= 11 is 7.72. The Balaban J connectivity index is 1.74. The number of carbonyl (C=O) groups is 1. The number of aromatic nitrogens is 3. The lowest BCUT2D eigenvalue weighted by Gasteiger charge is -2.32. The van der Waals surface area contributed by atoms with Crippen molar-refractivity contribution < 1.29 is 4.79 Å². The van der Waals surface area contributed by atoms with Crippen molar-refractivity contribution in [3.8, 4) is 0 Å². The van der Waals surface area contributed by atoms with Crippen LogP contribution in [0.25, 0.3) is 0 Å². The molecule has 1 aliphatic heterocycles. The van der Waals surface area contributed by atoms with E-state index in [-0.39, 0.29) is 5.91 Å². The number of amides is 1. The number of aryl methyl sites for hydroxylation is 1. The minimum atomic E-state index is -0.0158. The molecule has 1 saturated heterocycles. The van der Waals surface area contributed by atoms with Gasteiger partial charge in [-0.25, -0.2) is 9.97 Å². The van der Waals surface area contributed by atoms with Gasteiger partial charge in [0.2, 0.25) is 0 Å². The Hall–Kier alpha value is -1.57. The molecule has 24 heavy (non-hydrogen) atoms. The van der Waals surface area contributed by atoms with Crippen LogP contribution in [-0.2, 0) is 7.05 Å². The van der Waals surface area contributed by atoms with Crippen LogP contribution in [0.3, 0.4) is 0 Å². The second-order valence-electron chi connectivity index (χ2n) is 5.81. The van der Waals surface area contributed by atoms with Gasteiger partial charge in [-0.05, 0) is 37.7 Å². The largest absolute Gasteiger partial charge is 0.337 e. The fraction of sp³-hybridized carbons (Fsp3) is 0.438. The molecule has 128 valence electrons. The van der Waals surface area contributed by atoms with E-state index in [1.54, 1.807) is 18.5 Å². The van der Waals surface area contributed by atoms with Gasteiger partial charge in [0, 0.05) is 44.8 Å². The molecule has 1 atom stereocenters. The average molecular weight is 366 g/mol. The highest BCUT2D eigenvalue weighted by atomic mass is 35.5. The maximum absolute atomic E-state index is 12.7. The first-order chi connectivity index (χ1) is 11.6. The molecule has 8 heteroatoms. The number of halogens is 1. The molecule has 2 aromatic heterocycles. The molecule has 0 aromatic carbocycles. The van der Waals surface area contributed by atoms with Gasteiger partial charge in [-0.2, -0.15) is 0 Å². The number of pyridine rings is 1. The second-order valence-corrected chi connectivity index (χ2v) is 7.18. The van der Waals surface area contributed by atoms with Gasteiger partial charge in [0.1, 0.15) is 5.03 Å². The molecule has 1 unspecified atom stereocenters. The number of hydrogen-bond donors (Lipinski definition) is 1. The van der Waals surface area contributed by atoms with Gasteiger partial charge in [0.05, 0.1) is 10.6 Å². The van der Waals surface area contributed by atoms with E-state index in [2.05, 4.69) is 15.3 Å². The first-order valence-electron chi connectivity index (χ1n) is 7.85. The standard InChI is InChI=1S/C16H20ClN5OS/c1-18-12-4-3-6-22(10-12)15(23)11-8-13(17)14(20-9-11)24-16-19-5-7-21(16)2/h5,7-9,12,18H,3-4,6,10H2,1-2H3. The summed E-state index contributed by atoms with van der Waals surface area (Å²) in [6, 6.07) is 2.05. The SMILES string of the molecule is CNC1CCCN(C(=O)c2cnc(Sc3nccn3C)c(Cl)c2)C1. The minimum Gasteiger partial charge on any atom is -0.337 e. The minimum absolute atomic E-state index is 0.0158. The number of carbonyl (C=O) groups excluding carboxylic acids is 1. The Morgan fingerprint density at radius 3 is 2.96 bits per heavy atom. The van der Waals surface area contributed by atoms with Crippen LogP contribution in [0.5, 0.6) is 0 Å². The maximum atomic E-state index is 12.7. The van der Waals surface area contributed by atoms with E-state index in [1.165, 1.54) is 11.8 Å². The summed E-state index contributed by atoms with van der Waals surface area (Å²) in [4.78, 5) is 23.1. The summed E-state index contributed by atoms with van der Waals surface area (Å²) in [5, 5.41) is 5.16. The van der Waals surface area contributed by atoms with E-state index in [0.717, 1.165) is 31.1 Å². The molecule has 1 fully saturated rings. The molecule has 0 bridgehead atoms. The van der Waals surface area contributed by atoms with Crippen molar-refractivity contribution in [2.24, 2.45) is 7.05 Å². The number of likely N-dealkylation sites (N-methyl/N-ethyl adjacent to an activating group) is 1. The van der Waals surface area contributed by atoms with Gasteiger partial charge in [0.25, 0.3) is 5.91 Å². The van der Waals surface area contributed by atoms with E-state index in [9.17, 15) is 4.79 Å². The van der Waals surface area contributed by atoms with Gasteiger partial charge in [-0.15, -0.1) is 0 Å². The van der Waals surface area contributed by atoms with Crippen molar-refractivity contribution in [1.82, 2.24) is 24.8 Å². The van der Waals surface area contributed by atoms with Gasteiger partial charge in [0.15, 0.2) is 5.16 Å². The van der Waals surface area contributed by atoms with Crippen molar-refractivity contribution in [3.05, 3.63) is 35.2 Å². The molecule has 1 N–H and O–H groups in total. The molecule has 3 heterocycles. The first kappa shape index (κ1) is 17.3. The van der Waals surface area contributed by atoms with E-state index in [4.69, 9.17) is 11.6 Å². The molecule has 0 spiro atoms. The quantitative estimate of drug-likeness (QED) is 0.901. The van der Waals surface area contributed by atoms with Crippen LogP contribution in [0.4, 0.5) is 0 Å². The summed E-state index contributed by atoms with van der Waals surface area (Å²) in [6.45, 7) is 1.50. The van der Waals surface area contributed by atoms with E-state index in [0.29, 0.717) is 21.7 Å². The molecule has 6 nitrogen and oxygen atoms in total. The Labute approximate surface area is 150 Å². The van der Waals surface area contributed by atoms with Gasteiger partial charge >= 0.3 is 0 Å². The maximum Gasteiger partial charge on any atom is 0.255 e. The number of piperidine rings is 1. The fourth-order valence-corrected chi connectivity index (χ4v) is 3.77. The highest BCUT2D eigenvalue weighted by Crippen LogP contribution is 2.31. The van der Waals surface area contributed by atoms with Crippen molar-refractivity contribution in [3.63, 3.8) is 0 Å².